The Morgan fingerprint density at radius 3 is 2.62 bits per heavy atom. The first-order valence-electron chi connectivity index (χ1n) is 7.68. The number of carboxylic acid groups (broad SMARTS) is 1. The highest BCUT2D eigenvalue weighted by atomic mass is 16.4. The number of carbonyl (C=O) groups is 1. The fourth-order valence-corrected chi connectivity index (χ4v) is 3.00. The Labute approximate surface area is 127 Å². The number of rotatable bonds is 6. The van der Waals surface area contributed by atoms with Crippen molar-refractivity contribution in [3.8, 4) is 0 Å². The minimum Gasteiger partial charge on any atom is -0.481 e. The zero-order valence-electron chi connectivity index (χ0n) is 13.2. The fourth-order valence-electron chi connectivity index (χ4n) is 3.00. The van der Waals surface area contributed by atoms with E-state index in [9.17, 15) is 4.79 Å². The van der Waals surface area contributed by atoms with E-state index in [1.165, 1.54) is 24.9 Å². The zero-order chi connectivity index (χ0) is 15.4. The van der Waals surface area contributed by atoms with E-state index < -0.39 is 11.9 Å². The maximum absolute atomic E-state index is 11.0. The van der Waals surface area contributed by atoms with Gasteiger partial charge in [0.2, 0.25) is 0 Å². The van der Waals surface area contributed by atoms with Gasteiger partial charge in [-0.15, -0.1) is 0 Å². The molecular weight excluding hydrogens is 264 g/mol. The van der Waals surface area contributed by atoms with Gasteiger partial charge in [0.25, 0.3) is 0 Å². The minimum absolute atomic E-state index is 0.441. The molecule has 1 saturated heterocycles. The van der Waals surface area contributed by atoms with E-state index in [4.69, 9.17) is 5.11 Å². The molecule has 1 aromatic carbocycles. The molecule has 1 aromatic rings. The summed E-state index contributed by atoms with van der Waals surface area (Å²) in [5.41, 5.74) is 2.10. The molecule has 4 nitrogen and oxygen atoms in total. The van der Waals surface area contributed by atoms with E-state index in [-0.39, 0.29) is 0 Å². The Morgan fingerprint density at radius 1 is 1.43 bits per heavy atom. The lowest BCUT2D eigenvalue weighted by molar-refractivity contribution is -0.138. The van der Waals surface area contributed by atoms with Crippen LogP contribution in [0, 0.1) is 0 Å². The number of likely N-dealkylation sites (N-methyl/N-ethyl adjacent to an activating group) is 2. The van der Waals surface area contributed by atoms with E-state index in [2.05, 4.69) is 23.9 Å². The van der Waals surface area contributed by atoms with Crippen molar-refractivity contribution in [2.24, 2.45) is 0 Å². The number of hydrogen-bond donors (Lipinski definition) is 1. The summed E-state index contributed by atoms with van der Waals surface area (Å²) in [6.07, 6.45) is 2.59. The van der Waals surface area contributed by atoms with Gasteiger partial charge in [0.05, 0.1) is 5.92 Å². The van der Waals surface area contributed by atoms with E-state index in [0.29, 0.717) is 6.04 Å². The third-order valence-electron chi connectivity index (χ3n) is 4.50. The summed E-state index contributed by atoms with van der Waals surface area (Å²) >= 11 is 0. The van der Waals surface area contributed by atoms with Gasteiger partial charge in [0.15, 0.2) is 0 Å². The molecule has 116 valence electrons. The van der Waals surface area contributed by atoms with Crippen LogP contribution in [0.4, 0.5) is 0 Å². The predicted molar refractivity (Wildman–Crippen MR) is 84.5 cm³/mol. The van der Waals surface area contributed by atoms with Crippen LogP contribution in [0.25, 0.3) is 0 Å². The average Bonchev–Trinajstić information content (AvgIpc) is 2.84. The first-order chi connectivity index (χ1) is 9.97. The van der Waals surface area contributed by atoms with Gasteiger partial charge in [0.1, 0.15) is 0 Å². The minimum atomic E-state index is -0.774. The van der Waals surface area contributed by atoms with Crippen LogP contribution in [0.2, 0.25) is 0 Å². The molecule has 1 N–H and O–H groups in total. The number of nitrogens with zero attached hydrogens (tertiary/aromatic N) is 2. The molecule has 21 heavy (non-hydrogen) atoms. The van der Waals surface area contributed by atoms with Crippen molar-refractivity contribution in [2.75, 3.05) is 27.2 Å². The van der Waals surface area contributed by atoms with Crippen LogP contribution in [0.5, 0.6) is 0 Å². The van der Waals surface area contributed by atoms with Crippen molar-refractivity contribution >= 4 is 5.97 Å². The van der Waals surface area contributed by atoms with Crippen LogP contribution in [-0.2, 0) is 11.3 Å². The predicted octanol–water partition coefficient (Wildman–Crippen LogP) is 2.40. The molecule has 0 aliphatic carbocycles. The second kappa shape index (κ2) is 7.05. The fraction of sp³-hybridized carbons (Fsp3) is 0.588. The lowest BCUT2D eigenvalue weighted by Gasteiger charge is -2.25. The molecule has 2 unspecified atom stereocenters. The summed E-state index contributed by atoms with van der Waals surface area (Å²) in [4.78, 5) is 15.8. The molecule has 0 amide bonds. The summed E-state index contributed by atoms with van der Waals surface area (Å²) in [6.45, 7) is 4.93. The second-order valence-electron chi connectivity index (χ2n) is 6.27. The van der Waals surface area contributed by atoms with Crippen LogP contribution >= 0.6 is 0 Å². The van der Waals surface area contributed by atoms with E-state index in [1.807, 2.05) is 24.3 Å². The first-order valence-corrected chi connectivity index (χ1v) is 7.68. The van der Waals surface area contributed by atoms with Crippen molar-refractivity contribution in [2.45, 2.75) is 38.3 Å². The smallest absolute Gasteiger partial charge is 0.310 e. The molecule has 1 fully saturated rings. The number of hydrogen-bond acceptors (Lipinski definition) is 3. The molecule has 2 atom stereocenters. The van der Waals surface area contributed by atoms with Crippen LogP contribution in [0.15, 0.2) is 24.3 Å². The van der Waals surface area contributed by atoms with Gasteiger partial charge in [-0.2, -0.15) is 0 Å². The summed E-state index contributed by atoms with van der Waals surface area (Å²) in [5.74, 6) is -1.21. The third kappa shape index (κ3) is 4.29. The molecule has 0 spiro atoms. The maximum Gasteiger partial charge on any atom is 0.310 e. The van der Waals surface area contributed by atoms with Gasteiger partial charge in [0, 0.05) is 19.1 Å². The maximum atomic E-state index is 11.0. The summed E-state index contributed by atoms with van der Waals surface area (Å²) in [5, 5.41) is 9.02. The van der Waals surface area contributed by atoms with E-state index in [1.54, 1.807) is 6.92 Å². The van der Waals surface area contributed by atoms with Crippen molar-refractivity contribution < 1.29 is 9.90 Å². The summed E-state index contributed by atoms with van der Waals surface area (Å²) in [7, 11) is 4.35. The third-order valence-corrected chi connectivity index (χ3v) is 4.50. The van der Waals surface area contributed by atoms with E-state index in [0.717, 1.165) is 18.7 Å². The monoisotopic (exact) mass is 290 g/mol. The van der Waals surface area contributed by atoms with Gasteiger partial charge in [-0.3, -0.25) is 4.79 Å². The average molecular weight is 290 g/mol. The highest BCUT2D eigenvalue weighted by Gasteiger charge is 2.22. The van der Waals surface area contributed by atoms with E-state index >= 15 is 0 Å². The Hall–Kier alpha value is -1.39. The van der Waals surface area contributed by atoms with Gasteiger partial charge >= 0.3 is 5.97 Å². The van der Waals surface area contributed by atoms with Crippen LogP contribution in [0.1, 0.15) is 36.8 Å². The first kappa shape index (κ1) is 16.0. The quantitative estimate of drug-likeness (QED) is 0.874. The van der Waals surface area contributed by atoms with Crippen LogP contribution < -0.4 is 0 Å². The van der Waals surface area contributed by atoms with Crippen molar-refractivity contribution in [3.05, 3.63) is 35.4 Å². The number of likely N-dealkylation sites (tertiary alicyclic amines) is 1. The number of aliphatic carboxylic acids is 1. The second-order valence-corrected chi connectivity index (χ2v) is 6.27. The number of benzene rings is 1. The SMILES string of the molecule is CC(C(=O)O)c1ccc(CN(C)CC2CCCN2C)cc1. The van der Waals surface area contributed by atoms with Crippen molar-refractivity contribution in [3.63, 3.8) is 0 Å². The molecule has 1 aliphatic heterocycles. The number of carboxylic acids is 1. The summed E-state index contributed by atoms with van der Waals surface area (Å²) < 4.78 is 0. The van der Waals surface area contributed by atoms with Crippen molar-refractivity contribution in [1.29, 1.82) is 0 Å². The Morgan fingerprint density at radius 2 is 2.10 bits per heavy atom. The molecule has 0 bridgehead atoms. The lowest BCUT2D eigenvalue weighted by atomic mass is 10.00. The standard InChI is InChI=1S/C17H26N2O2/c1-13(17(20)21)15-8-6-14(7-9-15)11-18(2)12-16-5-4-10-19(16)3/h6-9,13,16H,4-5,10-12H2,1-3H3,(H,20,21). The molecule has 0 radical (unpaired) electrons. The molecule has 0 saturated carbocycles. The van der Waals surface area contributed by atoms with Gasteiger partial charge in [-0.05, 0) is 51.5 Å². The summed E-state index contributed by atoms with van der Waals surface area (Å²) in [6, 6.07) is 8.63. The van der Waals surface area contributed by atoms with Gasteiger partial charge in [-0.1, -0.05) is 24.3 Å². The van der Waals surface area contributed by atoms with Crippen molar-refractivity contribution in [1.82, 2.24) is 9.80 Å². The largest absolute Gasteiger partial charge is 0.481 e. The topological polar surface area (TPSA) is 43.8 Å². The highest BCUT2D eigenvalue weighted by Crippen LogP contribution is 2.18. The molecule has 4 heteroatoms. The van der Waals surface area contributed by atoms with Gasteiger partial charge < -0.3 is 14.9 Å². The molecule has 1 aliphatic rings. The Bertz CT molecular complexity index is 472. The Kier molecular flexibility index (Phi) is 5.37. The molecule has 2 rings (SSSR count). The molecular formula is C17H26N2O2. The molecule has 1 heterocycles. The Balaban J connectivity index is 1.89. The zero-order valence-corrected chi connectivity index (χ0v) is 13.2. The lowest BCUT2D eigenvalue weighted by Crippen LogP contribution is -2.36. The van der Waals surface area contributed by atoms with Gasteiger partial charge in [-0.25, -0.2) is 0 Å². The van der Waals surface area contributed by atoms with Crippen LogP contribution in [0.3, 0.4) is 0 Å². The van der Waals surface area contributed by atoms with Crippen LogP contribution in [-0.4, -0.2) is 54.1 Å². The normalized spacial score (nSPS) is 20.9. The highest BCUT2D eigenvalue weighted by molar-refractivity contribution is 5.75. The molecule has 0 aromatic heterocycles.